The molecule has 0 aliphatic rings. The molecule has 0 N–H and O–H groups in total. The molecule has 0 saturated carbocycles. The zero-order chi connectivity index (χ0) is 14.9. The molecule has 0 aliphatic carbocycles. The van der Waals surface area contributed by atoms with E-state index in [1.54, 1.807) is 13.8 Å². The lowest BCUT2D eigenvalue weighted by atomic mass is 10.1. The first-order chi connectivity index (χ1) is 9.38. The molecular formula is C13H10BrFN2O3. The number of benzene rings is 1. The van der Waals surface area contributed by atoms with Gasteiger partial charge in [-0.15, -0.1) is 0 Å². The van der Waals surface area contributed by atoms with Crippen LogP contribution in [0.15, 0.2) is 28.9 Å². The first-order valence-electron chi connectivity index (χ1n) is 5.63. The first kappa shape index (κ1) is 14.4. The molecule has 7 heteroatoms. The number of rotatable bonds is 3. The fraction of sp³-hybridized carbons (Fsp3) is 0.154. The summed E-state index contributed by atoms with van der Waals surface area (Å²) < 4.78 is 19.5. The standard InChI is InChI=1S/C13H10BrFN2O3/c1-7-4-12(8(2)3-11(7)17(18)19)20-13-10(15)5-9(14)6-16-13/h3-6H,1-2H3. The van der Waals surface area contributed by atoms with Gasteiger partial charge in [-0.2, -0.15) is 0 Å². The van der Waals surface area contributed by atoms with Crippen molar-refractivity contribution >= 4 is 21.6 Å². The predicted octanol–water partition coefficient (Wildman–Crippen LogP) is 4.30. The number of nitrogens with zero attached hydrogens (tertiary/aromatic N) is 2. The number of nitro benzene ring substituents is 1. The third-order valence-corrected chi connectivity index (χ3v) is 3.10. The monoisotopic (exact) mass is 340 g/mol. The number of hydrogen-bond donors (Lipinski definition) is 0. The summed E-state index contributed by atoms with van der Waals surface area (Å²) in [7, 11) is 0. The summed E-state index contributed by atoms with van der Waals surface area (Å²) in [6, 6.07) is 4.12. The fourth-order valence-corrected chi connectivity index (χ4v) is 1.97. The molecule has 0 aliphatic heterocycles. The number of halogens is 2. The SMILES string of the molecule is Cc1cc([N+](=O)[O-])c(C)cc1Oc1ncc(Br)cc1F. The maximum absolute atomic E-state index is 13.7. The van der Waals surface area contributed by atoms with Gasteiger partial charge < -0.3 is 4.74 Å². The number of aromatic nitrogens is 1. The van der Waals surface area contributed by atoms with Crippen LogP contribution in [-0.4, -0.2) is 9.91 Å². The van der Waals surface area contributed by atoms with Crippen LogP contribution >= 0.6 is 15.9 Å². The highest BCUT2D eigenvalue weighted by molar-refractivity contribution is 9.10. The molecule has 1 aromatic carbocycles. The Morgan fingerprint density at radius 3 is 2.60 bits per heavy atom. The lowest BCUT2D eigenvalue weighted by Crippen LogP contribution is -1.97. The summed E-state index contributed by atoms with van der Waals surface area (Å²) in [5.74, 6) is -0.457. The lowest BCUT2D eigenvalue weighted by molar-refractivity contribution is -0.385. The highest BCUT2D eigenvalue weighted by Gasteiger charge is 2.16. The second-order valence-electron chi connectivity index (χ2n) is 4.20. The van der Waals surface area contributed by atoms with Crippen molar-refractivity contribution in [2.24, 2.45) is 0 Å². The number of ether oxygens (including phenoxy) is 1. The largest absolute Gasteiger partial charge is 0.436 e. The van der Waals surface area contributed by atoms with Gasteiger partial charge in [0.15, 0.2) is 5.82 Å². The molecule has 0 spiro atoms. The summed E-state index contributed by atoms with van der Waals surface area (Å²) >= 11 is 3.10. The van der Waals surface area contributed by atoms with Crippen molar-refractivity contribution < 1.29 is 14.1 Å². The number of pyridine rings is 1. The second kappa shape index (κ2) is 5.54. The molecule has 0 bridgehead atoms. The van der Waals surface area contributed by atoms with Gasteiger partial charge in [0.25, 0.3) is 11.6 Å². The van der Waals surface area contributed by atoms with Gasteiger partial charge in [0.1, 0.15) is 5.75 Å². The lowest BCUT2D eigenvalue weighted by Gasteiger charge is -2.09. The van der Waals surface area contributed by atoms with Crippen molar-refractivity contribution in [2.45, 2.75) is 13.8 Å². The third kappa shape index (κ3) is 2.93. The molecule has 0 fully saturated rings. The first-order valence-corrected chi connectivity index (χ1v) is 6.42. The summed E-state index contributed by atoms with van der Waals surface area (Å²) in [5.41, 5.74) is 0.971. The van der Waals surface area contributed by atoms with E-state index in [0.717, 1.165) is 0 Å². The summed E-state index contributed by atoms with van der Waals surface area (Å²) in [5, 5.41) is 10.8. The Bertz CT molecular complexity index is 692. The van der Waals surface area contributed by atoms with E-state index in [-0.39, 0.29) is 11.6 Å². The van der Waals surface area contributed by atoms with Crippen molar-refractivity contribution in [1.29, 1.82) is 0 Å². The van der Waals surface area contributed by atoms with Gasteiger partial charge in [0.05, 0.1) is 4.92 Å². The average molecular weight is 341 g/mol. The molecule has 0 saturated heterocycles. The highest BCUT2D eigenvalue weighted by Crippen LogP contribution is 2.31. The van der Waals surface area contributed by atoms with Crippen LogP contribution in [0, 0.1) is 29.8 Å². The van der Waals surface area contributed by atoms with Crippen LogP contribution in [-0.2, 0) is 0 Å². The van der Waals surface area contributed by atoms with E-state index in [9.17, 15) is 14.5 Å². The summed E-state index contributed by atoms with van der Waals surface area (Å²) in [4.78, 5) is 14.2. The van der Waals surface area contributed by atoms with E-state index in [4.69, 9.17) is 4.74 Å². The van der Waals surface area contributed by atoms with Crippen molar-refractivity contribution in [3.63, 3.8) is 0 Å². The van der Waals surface area contributed by atoms with Gasteiger partial charge in [-0.05, 0) is 47.5 Å². The van der Waals surface area contributed by atoms with Crippen LogP contribution in [0.25, 0.3) is 0 Å². The van der Waals surface area contributed by atoms with E-state index in [2.05, 4.69) is 20.9 Å². The average Bonchev–Trinajstić information content (AvgIpc) is 2.36. The molecule has 0 amide bonds. The molecule has 0 atom stereocenters. The molecule has 1 heterocycles. The fourth-order valence-electron chi connectivity index (χ4n) is 1.66. The maximum atomic E-state index is 13.7. The molecule has 5 nitrogen and oxygen atoms in total. The van der Waals surface area contributed by atoms with Crippen LogP contribution in [0.1, 0.15) is 11.1 Å². The van der Waals surface area contributed by atoms with Gasteiger partial charge in [0.2, 0.25) is 0 Å². The Hall–Kier alpha value is -2.02. The molecular weight excluding hydrogens is 331 g/mol. The summed E-state index contributed by atoms with van der Waals surface area (Å²) in [6.07, 6.45) is 1.41. The zero-order valence-electron chi connectivity index (χ0n) is 10.7. The van der Waals surface area contributed by atoms with Crippen molar-refractivity contribution in [2.75, 3.05) is 0 Å². The Morgan fingerprint density at radius 1 is 1.30 bits per heavy atom. The number of nitro groups is 1. The molecule has 1 aromatic heterocycles. The van der Waals surface area contributed by atoms with Gasteiger partial charge in [0, 0.05) is 22.3 Å². The third-order valence-electron chi connectivity index (χ3n) is 2.67. The minimum Gasteiger partial charge on any atom is -0.436 e. The molecule has 2 rings (SSSR count). The number of hydrogen-bond acceptors (Lipinski definition) is 4. The van der Waals surface area contributed by atoms with E-state index in [0.29, 0.717) is 21.3 Å². The van der Waals surface area contributed by atoms with Gasteiger partial charge >= 0.3 is 0 Å². The minimum atomic E-state index is -0.616. The Morgan fingerprint density at radius 2 is 2.00 bits per heavy atom. The van der Waals surface area contributed by atoms with Gasteiger partial charge in [-0.3, -0.25) is 10.1 Å². The highest BCUT2D eigenvalue weighted by atomic mass is 79.9. The van der Waals surface area contributed by atoms with Gasteiger partial charge in [-0.1, -0.05) is 0 Å². The predicted molar refractivity (Wildman–Crippen MR) is 74.5 cm³/mol. The van der Waals surface area contributed by atoms with Crippen LogP contribution in [0.5, 0.6) is 11.6 Å². The summed E-state index contributed by atoms with van der Waals surface area (Å²) in [6.45, 7) is 3.24. The van der Waals surface area contributed by atoms with E-state index in [1.807, 2.05) is 0 Å². The molecule has 2 aromatic rings. The van der Waals surface area contributed by atoms with Crippen molar-refractivity contribution in [3.05, 3.63) is 55.9 Å². The molecule has 104 valence electrons. The van der Waals surface area contributed by atoms with Crippen LogP contribution in [0.2, 0.25) is 0 Å². The zero-order valence-corrected chi connectivity index (χ0v) is 12.3. The topological polar surface area (TPSA) is 65.3 Å². The van der Waals surface area contributed by atoms with Crippen LogP contribution in [0.3, 0.4) is 0 Å². The quantitative estimate of drug-likeness (QED) is 0.617. The number of aryl methyl sites for hydroxylation is 2. The van der Waals surface area contributed by atoms with Crippen molar-refractivity contribution in [3.8, 4) is 11.6 Å². The molecule has 20 heavy (non-hydrogen) atoms. The van der Waals surface area contributed by atoms with Crippen molar-refractivity contribution in [1.82, 2.24) is 4.98 Å². The second-order valence-corrected chi connectivity index (χ2v) is 5.12. The Labute approximate surface area is 122 Å². The normalized spacial score (nSPS) is 10.4. The van der Waals surface area contributed by atoms with E-state index in [1.165, 1.54) is 24.4 Å². The minimum absolute atomic E-state index is 0.000845. The Kier molecular flexibility index (Phi) is 3.99. The smallest absolute Gasteiger partial charge is 0.272 e. The van der Waals surface area contributed by atoms with E-state index >= 15 is 0 Å². The Balaban J connectivity index is 2.39. The molecule has 0 radical (unpaired) electrons. The maximum Gasteiger partial charge on any atom is 0.272 e. The van der Waals surface area contributed by atoms with Crippen LogP contribution in [0.4, 0.5) is 10.1 Å². The molecule has 0 unspecified atom stereocenters. The van der Waals surface area contributed by atoms with E-state index < -0.39 is 10.7 Å². The van der Waals surface area contributed by atoms with Crippen LogP contribution < -0.4 is 4.74 Å². The van der Waals surface area contributed by atoms with Gasteiger partial charge in [-0.25, -0.2) is 9.37 Å².